The van der Waals surface area contributed by atoms with Crippen molar-refractivity contribution in [3.8, 4) is 0 Å². The number of aromatic carboxylic acids is 2. The van der Waals surface area contributed by atoms with E-state index >= 15 is 0 Å². The molecule has 134 valence electrons. The minimum atomic E-state index is -1.44. The second-order valence-electron chi connectivity index (χ2n) is 5.79. The van der Waals surface area contributed by atoms with Crippen molar-refractivity contribution < 1.29 is 24.6 Å². The molecule has 0 saturated carbocycles. The number of carboxylic acid groups (broad SMARTS) is 2. The van der Waals surface area contributed by atoms with E-state index in [1.807, 2.05) is 0 Å². The lowest BCUT2D eigenvalue weighted by molar-refractivity contribution is 0.0649. The molecule has 0 saturated heterocycles. The monoisotopic (exact) mass is 352 g/mol. The number of carbonyl (C=O) groups is 3. The van der Waals surface area contributed by atoms with Crippen LogP contribution in [0.1, 0.15) is 62.3 Å². The Morgan fingerprint density at radius 1 is 0.692 bits per heavy atom. The molecule has 0 aliphatic heterocycles. The van der Waals surface area contributed by atoms with Gasteiger partial charge in [-0.25, -0.2) is 9.59 Å². The third-order valence-corrected chi connectivity index (χ3v) is 3.95. The van der Waals surface area contributed by atoms with Crippen molar-refractivity contribution in [3.05, 3.63) is 82.9 Å². The Balaban J connectivity index is 0.000000342. The smallest absolute Gasteiger partial charge is 0.337 e. The quantitative estimate of drug-likeness (QED) is 0.627. The third-order valence-electron chi connectivity index (χ3n) is 3.95. The molecule has 2 aromatic carbocycles. The summed E-state index contributed by atoms with van der Waals surface area (Å²) < 4.78 is 0. The Morgan fingerprint density at radius 3 is 1.73 bits per heavy atom. The standard InChI is InChI=1S/C15H10O5.C6H10/c16-13(9-5-2-1-3-6-9)10-7-4-8-11(14(17)18)12(10)15(19)20;1-2-4-6-5-3-1/h1-8H,(H,17,18)(H,19,20);1-2H,3-6H2. The van der Waals surface area contributed by atoms with E-state index in [9.17, 15) is 19.5 Å². The van der Waals surface area contributed by atoms with E-state index in [2.05, 4.69) is 12.2 Å². The average Bonchev–Trinajstić information content (AvgIpc) is 2.69. The number of allylic oxidation sites excluding steroid dienone is 2. The summed E-state index contributed by atoms with van der Waals surface area (Å²) in [7, 11) is 0. The Kier molecular flexibility index (Phi) is 6.85. The summed E-state index contributed by atoms with van der Waals surface area (Å²) in [6, 6.07) is 11.9. The van der Waals surface area contributed by atoms with E-state index in [0.29, 0.717) is 5.56 Å². The lowest BCUT2D eigenvalue weighted by atomic mass is 9.94. The highest BCUT2D eigenvalue weighted by atomic mass is 16.4. The maximum atomic E-state index is 12.3. The van der Waals surface area contributed by atoms with E-state index in [0.717, 1.165) is 6.07 Å². The van der Waals surface area contributed by atoms with Gasteiger partial charge in [-0.05, 0) is 31.7 Å². The molecule has 5 heteroatoms. The number of ketones is 1. The first-order valence-electron chi connectivity index (χ1n) is 8.36. The van der Waals surface area contributed by atoms with Gasteiger partial charge in [0, 0.05) is 11.1 Å². The van der Waals surface area contributed by atoms with E-state index < -0.39 is 28.8 Å². The fourth-order valence-corrected chi connectivity index (χ4v) is 2.66. The summed E-state index contributed by atoms with van der Waals surface area (Å²) in [6.45, 7) is 0. The van der Waals surface area contributed by atoms with Gasteiger partial charge in [-0.2, -0.15) is 0 Å². The van der Waals surface area contributed by atoms with Gasteiger partial charge in [-0.3, -0.25) is 4.79 Å². The molecule has 2 N–H and O–H groups in total. The lowest BCUT2D eigenvalue weighted by Crippen LogP contribution is -2.15. The van der Waals surface area contributed by atoms with Crippen molar-refractivity contribution in [3.63, 3.8) is 0 Å². The molecule has 26 heavy (non-hydrogen) atoms. The van der Waals surface area contributed by atoms with E-state index in [1.54, 1.807) is 30.3 Å². The molecule has 0 amide bonds. The fourth-order valence-electron chi connectivity index (χ4n) is 2.66. The summed E-state index contributed by atoms with van der Waals surface area (Å²) in [5.41, 5.74) is -0.728. The van der Waals surface area contributed by atoms with Gasteiger partial charge in [0.25, 0.3) is 0 Å². The second kappa shape index (κ2) is 9.32. The fraction of sp³-hybridized carbons (Fsp3) is 0.190. The van der Waals surface area contributed by atoms with Crippen LogP contribution >= 0.6 is 0 Å². The van der Waals surface area contributed by atoms with Gasteiger partial charge in [0.1, 0.15) is 0 Å². The molecular weight excluding hydrogens is 332 g/mol. The Hall–Kier alpha value is -3.21. The summed E-state index contributed by atoms with van der Waals surface area (Å²) in [4.78, 5) is 34.6. The van der Waals surface area contributed by atoms with Gasteiger partial charge in [0.05, 0.1) is 11.1 Å². The van der Waals surface area contributed by atoms with Crippen molar-refractivity contribution in [1.82, 2.24) is 0 Å². The molecule has 0 radical (unpaired) electrons. The molecule has 3 rings (SSSR count). The Morgan fingerprint density at radius 2 is 1.27 bits per heavy atom. The second-order valence-corrected chi connectivity index (χ2v) is 5.79. The zero-order valence-electron chi connectivity index (χ0n) is 14.2. The van der Waals surface area contributed by atoms with Crippen LogP contribution in [0, 0.1) is 0 Å². The number of hydrogen-bond acceptors (Lipinski definition) is 3. The molecule has 0 atom stereocenters. The molecule has 2 aromatic rings. The molecule has 0 bridgehead atoms. The zero-order valence-corrected chi connectivity index (χ0v) is 14.2. The topological polar surface area (TPSA) is 91.7 Å². The van der Waals surface area contributed by atoms with Crippen LogP contribution in [0.15, 0.2) is 60.7 Å². The van der Waals surface area contributed by atoms with Crippen LogP contribution in [-0.4, -0.2) is 27.9 Å². The summed E-state index contributed by atoms with van der Waals surface area (Å²) >= 11 is 0. The van der Waals surface area contributed by atoms with Gasteiger partial charge in [-0.15, -0.1) is 0 Å². The number of carboxylic acids is 2. The van der Waals surface area contributed by atoms with Crippen LogP contribution in [0.4, 0.5) is 0 Å². The van der Waals surface area contributed by atoms with Gasteiger partial charge >= 0.3 is 11.9 Å². The Labute approximate surface area is 151 Å². The number of benzene rings is 2. The molecule has 0 unspecified atom stereocenters. The first kappa shape index (κ1) is 19.1. The van der Waals surface area contributed by atoms with E-state index in [1.165, 1.54) is 37.8 Å². The number of hydrogen-bond donors (Lipinski definition) is 2. The van der Waals surface area contributed by atoms with Crippen LogP contribution < -0.4 is 0 Å². The molecular formula is C21H20O5. The molecule has 1 aliphatic rings. The number of carbonyl (C=O) groups excluding carboxylic acids is 1. The largest absolute Gasteiger partial charge is 0.478 e. The molecule has 5 nitrogen and oxygen atoms in total. The summed E-state index contributed by atoms with van der Waals surface area (Å²) in [6.07, 6.45) is 10.0. The minimum absolute atomic E-state index is 0.136. The van der Waals surface area contributed by atoms with Crippen LogP contribution in [0.2, 0.25) is 0 Å². The van der Waals surface area contributed by atoms with Crippen molar-refractivity contribution in [2.45, 2.75) is 25.7 Å². The van der Waals surface area contributed by atoms with Crippen molar-refractivity contribution >= 4 is 17.7 Å². The van der Waals surface area contributed by atoms with Gasteiger partial charge in [0.15, 0.2) is 5.78 Å². The molecule has 0 aromatic heterocycles. The highest BCUT2D eigenvalue weighted by Gasteiger charge is 2.24. The van der Waals surface area contributed by atoms with Crippen molar-refractivity contribution in [1.29, 1.82) is 0 Å². The van der Waals surface area contributed by atoms with Crippen LogP contribution in [0.3, 0.4) is 0 Å². The third kappa shape index (κ3) is 4.89. The zero-order chi connectivity index (χ0) is 18.9. The maximum Gasteiger partial charge on any atom is 0.337 e. The molecule has 1 aliphatic carbocycles. The van der Waals surface area contributed by atoms with Crippen LogP contribution in [-0.2, 0) is 0 Å². The van der Waals surface area contributed by atoms with Crippen molar-refractivity contribution in [2.24, 2.45) is 0 Å². The normalized spacial score (nSPS) is 12.6. The average molecular weight is 352 g/mol. The molecule has 0 fully saturated rings. The van der Waals surface area contributed by atoms with Crippen LogP contribution in [0.5, 0.6) is 0 Å². The van der Waals surface area contributed by atoms with Gasteiger partial charge in [0.2, 0.25) is 0 Å². The predicted molar refractivity (Wildman–Crippen MR) is 97.8 cm³/mol. The van der Waals surface area contributed by atoms with Gasteiger partial charge in [-0.1, -0.05) is 54.6 Å². The maximum absolute atomic E-state index is 12.3. The van der Waals surface area contributed by atoms with Gasteiger partial charge < -0.3 is 10.2 Å². The highest BCUT2D eigenvalue weighted by Crippen LogP contribution is 2.19. The molecule has 0 spiro atoms. The van der Waals surface area contributed by atoms with Crippen LogP contribution in [0.25, 0.3) is 0 Å². The highest BCUT2D eigenvalue weighted by molar-refractivity contribution is 6.17. The summed E-state index contributed by atoms with van der Waals surface area (Å²) in [5.74, 6) is -3.35. The summed E-state index contributed by atoms with van der Waals surface area (Å²) in [5, 5.41) is 18.2. The lowest BCUT2D eigenvalue weighted by Gasteiger charge is -2.08. The predicted octanol–water partition coefficient (Wildman–Crippen LogP) is 4.43. The Bertz CT molecular complexity index is 814. The number of rotatable bonds is 4. The van der Waals surface area contributed by atoms with E-state index in [4.69, 9.17) is 5.11 Å². The molecule has 0 heterocycles. The minimum Gasteiger partial charge on any atom is -0.478 e. The first-order chi connectivity index (χ1) is 12.5. The SMILES string of the molecule is C1=CCCCC1.O=C(O)c1cccc(C(=O)c2ccccc2)c1C(=O)O. The van der Waals surface area contributed by atoms with Crippen molar-refractivity contribution in [2.75, 3.05) is 0 Å². The van der Waals surface area contributed by atoms with E-state index in [-0.39, 0.29) is 5.56 Å². The first-order valence-corrected chi connectivity index (χ1v) is 8.36.